The summed E-state index contributed by atoms with van der Waals surface area (Å²) in [6, 6.07) is 0. The molecular formula is C21H42N6O4. The van der Waals surface area contributed by atoms with Gasteiger partial charge in [0.05, 0.1) is 12.2 Å². The number of nitrogens with zero attached hydrogens (tertiary/aromatic N) is 1. The molecule has 0 aromatic heterocycles. The fourth-order valence-corrected chi connectivity index (χ4v) is 3.26. The Labute approximate surface area is 185 Å². The minimum atomic E-state index is -0.677. The first-order chi connectivity index (χ1) is 14.9. The molecular weight excluding hydrogens is 400 g/mol. The molecule has 180 valence electrons. The molecule has 0 saturated carbocycles. The van der Waals surface area contributed by atoms with Gasteiger partial charge in [0.2, 0.25) is 0 Å². The van der Waals surface area contributed by atoms with E-state index in [4.69, 9.17) is 0 Å². The van der Waals surface area contributed by atoms with Crippen molar-refractivity contribution in [1.29, 1.82) is 0 Å². The van der Waals surface area contributed by atoms with Crippen molar-refractivity contribution in [1.82, 2.24) is 20.9 Å². The largest absolute Gasteiger partial charge is 0.390 e. The molecule has 0 fully saturated rings. The summed E-state index contributed by atoms with van der Waals surface area (Å²) in [6.45, 7) is 4.86. The Kier molecular flexibility index (Phi) is 14.3. The molecule has 0 saturated heterocycles. The van der Waals surface area contributed by atoms with Crippen LogP contribution in [-0.2, 0) is 0 Å². The van der Waals surface area contributed by atoms with Crippen LogP contribution in [0.2, 0.25) is 0 Å². The summed E-state index contributed by atoms with van der Waals surface area (Å²) in [5, 5.41) is 35.4. The molecule has 0 aliphatic heterocycles. The standard InChI is InChI=1S/C21H42N6O4/c1-22-8-4-5-10-24-12-16(28)13-25-18-19(21(31)20(18)30)26-14-17(29)15-27(3)11-7-6-9-23-2/h16-17,22-26,28-29H,4-15H2,1-3H3. The Hall–Kier alpha value is -1.56. The smallest absolute Gasteiger partial charge is 0.253 e. The van der Waals surface area contributed by atoms with E-state index in [-0.39, 0.29) is 24.5 Å². The Morgan fingerprint density at radius 3 is 1.87 bits per heavy atom. The van der Waals surface area contributed by atoms with Gasteiger partial charge in [0.1, 0.15) is 11.4 Å². The van der Waals surface area contributed by atoms with Crippen molar-refractivity contribution in [3.8, 4) is 0 Å². The van der Waals surface area contributed by atoms with Gasteiger partial charge in [-0.05, 0) is 73.0 Å². The van der Waals surface area contributed by atoms with E-state index in [1.807, 2.05) is 26.0 Å². The van der Waals surface area contributed by atoms with E-state index in [2.05, 4.69) is 26.6 Å². The first-order valence-electron chi connectivity index (χ1n) is 11.3. The van der Waals surface area contributed by atoms with Crippen molar-refractivity contribution in [2.24, 2.45) is 0 Å². The molecule has 7 N–H and O–H groups in total. The fourth-order valence-electron chi connectivity index (χ4n) is 3.26. The number of likely N-dealkylation sites (N-methyl/N-ethyl adjacent to an activating group) is 1. The van der Waals surface area contributed by atoms with Crippen LogP contribution >= 0.6 is 0 Å². The molecule has 2 unspecified atom stereocenters. The van der Waals surface area contributed by atoms with Crippen molar-refractivity contribution in [2.75, 3.05) is 84.1 Å². The van der Waals surface area contributed by atoms with Crippen molar-refractivity contribution in [3.05, 3.63) is 20.4 Å². The zero-order chi connectivity index (χ0) is 23.1. The molecule has 0 aliphatic carbocycles. The number of rotatable bonds is 20. The van der Waals surface area contributed by atoms with Crippen LogP contribution in [0.1, 0.15) is 25.7 Å². The molecule has 1 aromatic rings. The molecule has 0 amide bonds. The lowest BCUT2D eigenvalue weighted by molar-refractivity contribution is 0.135. The van der Waals surface area contributed by atoms with Crippen LogP contribution < -0.4 is 37.4 Å². The van der Waals surface area contributed by atoms with E-state index < -0.39 is 23.1 Å². The van der Waals surface area contributed by atoms with Crippen LogP contribution in [0.5, 0.6) is 0 Å². The third kappa shape index (κ3) is 11.0. The average molecular weight is 443 g/mol. The molecule has 2 atom stereocenters. The average Bonchev–Trinajstić information content (AvgIpc) is 2.75. The van der Waals surface area contributed by atoms with Crippen LogP contribution in [0, 0.1) is 0 Å². The first-order valence-corrected chi connectivity index (χ1v) is 11.3. The predicted molar refractivity (Wildman–Crippen MR) is 127 cm³/mol. The zero-order valence-corrected chi connectivity index (χ0v) is 19.3. The van der Waals surface area contributed by atoms with Gasteiger partial charge in [-0.1, -0.05) is 0 Å². The molecule has 10 heteroatoms. The highest BCUT2D eigenvalue weighted by Crippen LogP contribution is 2.14. The SMILES string of the molecule is CNCCCCNCC(O)CNc1c(NCC(O)CN(C)CCCCNC)c(=O)c1=O. The summed E-state index contributed by atoms with van der Waals surface area (Å²) in [6.07, 6.45) is 2.85. The van der Waals surface area contributed by atoms with Gasteiger partial charge in [-0.15, -0.1) is 0 Å². The minimum absolute atomic E-state index is 0.168. The first kappa shape index (κ1) is 27.5. The number of hydrogen-bond donors (Lipinski definition) is 7. The Morgan fingerprint density at radius 1 is 0.774 bits per heavy atom. The summed E-state index contributed by atoms with van der Waals surface area (Å²) in [7, 11) is 5.79. The summed E-state index contributed by atoms with van der Waals surface area (Å²) in [4.78, 5) is 25.8. The second kappa shape index (κ2) is 16.1. The summed E-state index contributed by atoms with van der Waals surface area (Å²) < 4.78 is 0. The minimum Gasteiger partial charge on any atom is -0.390 e. The highest BCUT2D eigenvalue weighted by Gasteiger charge is 2.22. The van der Waals surface area contributed by atoms with Crippen LogP contribution in [0.3, 0.4) is 0 Å². The highest BCUT2D eigenvalue weighted by molar-refractivity contribution is 5.74. The summed E-state index contributed by atoms with van der Waals surface area (Å²) in [5.74, 6) is 0. The lowest BCUT2D eigenvalue weighted by Gasteiger charge is -2.22. The van der Waals surface area contributed by atoms with Gasteiger partial charge in [-0.3, -0.25) is 9.59 Å². The van der Waals surface area contributed by atoms with Crippen molar-refractivity contribution in [2.45, 2.75) is 37.9 Å². The van der Waals surface area contributed by atoms with Crippen molar-refractivity contribution >= 4 is 11.4 Å². The summed E-state index contributed by atoms with van der Waals surface area (Å²) >= 11 is 0. The van der Waals surface area contributed by atoms with Crippen LogP contribution in [0.15, 0.2) is 9.59 Å². The summed E-state index contributed by atoms with van der Waals surface area (Å²) in [5.41, 5.74) is -0.809. The van der Waals surface area contributed by atoms with E-state index >= 15 is 0 Å². The third-order valence-corrected chi connectivity index (χ3v) is 5.09. The van der Waals surface area contributed by atoms with Crippen molar-refractivity contribution in [3.63, 3.8) is 0 Å². The Balaban J connectivity index is 2.30. The maximum Gasteiger partial charge on any atom is 0.253 e. The quantitative estimate of drug-likeness (QED) is 0.0929. The van der Waals surface area contributed by atoms with E-state index in [1.165, 1.54) is 0 Å². The fraction of sp³-hybridized carbons (Fsp3) is 0.810. The number of aliphatic hydroxyl groups excluding tert-OH is 2. The molecule has 1 rings (SSSR count). The van der Waals surface area contributed by atoms with Crippen molar-refractivity contribution < 1.29 is 10.2 Å². The molecule has 0 radical (unpaired) electrons. The maximum absolute atomic E-state index is 11.9. The topological polar surface area (TPSA) is 138 Å². The highest BCUT2D eigenvalue weighted by atomic mass is 16.3. The number of anilines is 2. The third-order valence-electron chi connectivity index (χ3n) is 5.09. The van der Waals surface area contributed by atoms with Crippen LogP contribution in [0.4, 0.5) is 11.4 Å². The predicted octanol–water partition coefficient (Wildman–Crippen LogP) is -1.65. The lowest BCUT2D eigenvalue weighted by Crippen LogP contribution is -2.42. The van der Waals surface area contributed by atoms with Crippen LogP contribution in [0.25, 0.3) is 0 Å². The second-order valence-corrected chi connectivity index (χ2v) is 8.07. The number of hydrogen-bond acceptors (Lipinski definition) is 10. The van der Waals surface area contributed by atoms with Gasteiger partial charge in [-0.2, -0.15) is 0 Å². The number of unbranched alkanes of at least 4 members (excludes halogenated alkanes) is 2. The maximum atomic E-state index is 11.9. The van der Waals surface area contributed by atoms with E-state index in [0.717, 1.165) is 51.9 Å². The molecule has 0 aliphatic rings. The Morgan fingerprint density at radius 2 is 1.29 bits per heavy atom. The van der Waals surface area contributed by atoms with Gasteiger partial charge >= 0.3 is 0 Å². The van der Waals surface area contributed by atoms with E-state index in [1.54, 1.807) is 0 Å². The van der Waals surface area contributed by atoms with Gasteiger partial charge in [0.25, 0.3) is 10.9 Å². The molecule has 0 heterocycles. The van der Waals surface area contributed by atoms with Gasteiger partial charge in [0, 0.05) is 26.2 Å². The van der Waals surface area contributed by atoms with E-state index in [0.29, 0.717) is 13.1 Å². The molecule has 31 heavy (non-hydrogen) atoms. The molecule has 10 nitrogen and oxygen atoms in total. The molecule has 0 spiro atoms. The molecule has 1 aromatic carbocycles. The molecule has 0 bridgehead atoms. The van der Waals surface area contributed by atoms with Gasteiger partial charge in [-0.25, -0.2) is 0 Å². The normalized spacial score (nSPS) is 13.6. The zero-order valence-electron chi connectivity index (χ0n) is 19.3. The second-order valence-electron chi connectivity index (χ2n) is 8.07. The lowest BCUT2D eigenvalue weighted by atomic mass is 10.1. The number of aliphatic hydroxyl groups is 2. The van der Waals surface area contributed by atoms with Gasteiger partial charge in [0.15, 0.2) is 0 Å². The van der Waals surface area contributed by atoms with E-state index in [9.17, 15) is 19.8 Å². The monoisotopic (exact) mass is 442 g/mol. The number of nitrogens with one attached hydrogen (secondary N) is 5. The van der Waals surface area contributed by atoms with Crippen LogP contribution in [-0.4, -0.2) is 101 Å². The Bertz CT molecular complexity index is 665. The van der Waals surface area contributed by atoms with Gasteiger partial charge < -0.3 is 41.7 Å².